The van der Waals surface area contributed by atoms with Crippen LogP contribution in [0.15, 0.2) is 18.2 Å². The molecule has 10 nitrogen and oxygen atoms in total. The second kappa shape index (κ2) is 11.7. The molecule has 0 unspecified atom stereocenters. The molecule has 2 aromatic rings. The molecule has 1 aromatic carbocycles. The van der Waals surface area contributed by atoms with Crippen molar-refractivity contribution in [3.05, 3.63) is 46.3 Å². The Hall–Kier alpha value is -3.66. The molecule has 0 saturated carbocycles. The molecule has 3 rings (SSSR count). The fourth-order valence-electron chi connectivity index (χ4n) is 3.91. The SMILES string of the molecule is CCOc1cc(C(=O)OCC(=O)c2[nH]c(C)c(C(C)=O)c2C)ccc1OCC(=O)N1CCOCC1. The minimum atomic E-state index is -0.719. The fraction of sp³-hybridized carbons (Fsp3) is 0.440. The van der Waals surface area contributed by atoms with Crippen LogP contribution >= 0.6 is 0 Å². The second-order valence-corrected chi connectivity index (χ2v) is 8.06. The van der Waals surface area contributed by atoms with Gasteiger partial charge < -0.3 is 28.8 Å². The number of Topliss-reactive ketones (excluding diaryl/α,β-unsaturated/α-hetero) is 2. The van der Waals surface area contributed by atoms with E-state index in [1.165, 1.54) is 25.1 Å². The number of hydrogen-bond donors (Lipinski definition) is 1. The number of carbonyl (C=O) groups excluding carboxylic acids is 4. The van der Waals surface area contributed by atoms with Gasteiger partial charge in [0, 0.05) is 24.3 Å². The van der Waals surface area contributed by atoms with Crippen LogP contribution in [0.1, 0.15) is 56.3 Å². The van der Waals surface area contributed by atoms with Crippen LogP contribution in [-0.2, 0) is 14.3 Å². The quantitative estimate of drug-likeness (QED) is 0.401. The van der Waals surface area contributed by atoms with Gasteiger partial charge in [0.2, 0.25) is 5.78 Å². The molecule has 35 heavy (non-hydrogen) atoms. The van der Waals surface area contributed by atoms with E-state index in [1.807, 2.05) is 0 Å². The predicted molar refractivity (Wildman–Crippen MR) is 125 cm³/mol. The molecule has 1 saturated heterocycles. The highest BCUT2D eigenvalue weighted by Gasteiger charge is 2.22. The number of carbonyl (C=O) groups is 4. The Morgan fingerprint density at radius 3 is 2.37 bits per heavy atom. The first-order chi connectivity index (χ1) is 16.7. The van der Waals surface area contributed by atoms with Crippen LogP contribution < -0.4 is 9.47 Å². The summed E-state index contributed by atoms with van der Waals surface area (Å²) >= 11 is 0. The highest BCUT2D eigenvalue weighted by molar-refractivity contribution is 6.04. The highest BCUT2D eigenvalue weighted by Crippen LogP contribution is 2.29. The topological polar surface area (TPSA) is 124 Å². The standard InChI is InChI=1S/C25H30N2O8/c1-5-33-21-12-18(6-7-20(21)34-14-22(30)27-8-10-32-11-9-27)25(31)35-13-19(29)24-15(2)23(17(4)28)16(3)26-24/h6-7,12,26H,5,8-11,13-14H2,1-4H3. The average molecular weight is 487 g/mol. The van der Waals surface area contributed by atoms with E-state index in [0.717, 1.165) is 0 Å². The van der Waals surface area contributed by atoms with E-state index >= 15 is 0 Å². The van der Waals surface area contributed by atoms with Crippen molar-refractivity contribution in [1.82, 2.24) is 9.88 Å². The minimum Gasteiger partial charge on any atom is -0.490 e. The maximum absolute atomic E-state index is 12.6. The Labute approximate surface area is 203 Å². The number of morpholine rings is 1. The summed E-state index contributed by atoms with van der Waals surface area (Å²) in [5.41, 5.74) is 1.99. The normalized spacial score (nSPS) is 13.3. The smallest absolute Gasteiger partial charge is 0.338 e. The Morgan fingerprint density at radius 2 is 1.74 bits per heavy atom. The molecule has 0 radical (unpaired) electrons. The molecule has 1 aromatic heterocycles. The van der Waals surface area contributed by atoms with Crippen LogP contribution in [0.25, 0.3) is 0 Å². The number of ketones is 2. The third-order valence-electron chi connectivity index (χ3n) is 5.60. The predicted octanol–water partition coefficient (Wildman–Crippen LogP) is 2.51. The molecule has 0 spiro atoms. The zero-order valence-electron chi connectivity index (χ0n) is 20.4. The maximum Gasteiger partial charge on any atom is 0.338 e. The Morgan fingerprint density at radius 1 is 1.03 bits per heavy atom. The average Bonchev–Trinajstić information content (AvgIpc) is 3.15. The monoisotopic (exact) mass is 486 g/mol. The summed E-state index contributed by atoms with van der Waals surface area (Å²) in [6, 6.07) is 4.44. The molecule has 1 aliphatic heterocycles. The summed E-state index contributed by atoms with van der Waals surface area (Å²) in [4.78, 5) is 53.9. The van der Waals surface area contributed by atoms with Crippen LogP contribution in [0.4, 0.5) is 0 Å². The number of nitrogens with one attached hydrogen (secondary N) is 1. The van der Waals surface area contributed by atoms with Crippen LogP contribution in [0, 0.1) is 13.8 Å². The second-order valence-electron chi connectivity index (χ2n) is 8.06. The Kier molecular flexibility index (Phi) is 8.64. The molecule has 1 amide bonds. The summed E-state index contributed by atoms with van der Waals surface area (Å²) in [7, 11) is 0. The molecule has 2 heterocycles. The van der Waals surface area contributed by atoms with Crippen LogP contribution in [-0.4, -0.2) is 79.5 Å². The summed E-state index contributed by atoms with van der Waals surface area (Å²) in [5, 5.41) is 0. The van der Waals surface area contributed by atoms with Crippen LogP contribution in [0.2, 0.25) is 0 Å². The van der Waals surface area contributed by atoms with Crippen molar-refractivity contribution < 1.29 is 38.1 Å². The van der Waals surface area contributed by atoms with E-state index in [9.17, 15) is 19.2 Å². The number of hydrogen-bond acceptors (Lipinski definition) is 8. The third kappa shape index (κ3) is 6.27. The molecule has 0 bridgehead atoms. The number of ether oxygens (including phenoxy) is 4. The van der Waals surface area contributed by atoms with Crippen LogP contribution in [0.5, 0.6) is 11.5 Å². The lowest BCUT2D eigenvalue weighted by Crippen LogP contribution is -2.43. The molecule has 0 aliphatic carbocycles. The number of aromatic nitrogens is 1. The summed E-state index contributed by atoms with van der Waals surface area (Å²) in [5.74, 6) is -0.883. The molecule has 0 atom stereocenters. The van der Waals surface area contributed by atoms with Gasteiger partial charge in [-0.15, -0.1) is 0 Å². The Balaban J connectivity index is 1.63. The van der Waals surface area contributed by atoms with Gasteiger partial charge >= 0.3 is 5.97 Å². The first-order valence-corrected chi connectivity index (χ1v) is 11.4. The number of benzene rings is 1. The lowest BCUT2D eigenvalue weighted by atomic mass is 10.1. The van der Waals surface area contributed by atoms with Crippen molar-refractivity contribution >= 4 is 23.4 Å². The lowest BCUT2D eigenvalue weighted by Gasteiger charge is -2.26. The third-order valence-corrected chi connectivity index (χ3v) is 5.60. The molecular weight excluding hydrogens is 456 g/mol. The van der Waals surface area contributed by atoms with Gasteiger partial charge in [0.25, 0.3) is 5.91 Å². The minimum absolute atomic E-state index is 0.148. The van der Waals surface area contributed by atoms with Gasteiger partial charge in [-0.1, -0.05) is 0 Å². The van der Waals surface area contributed by atoms with Crippen molar-refractivity contribution in [2.24, 2.45) is 0 Å². The van der Waals surface area contributed by atoms with Crippen molar-refractivity contribution in [1.29, 1.82) is 0 Å². The van der Waals surface area contributed by atoms with E-state index in [2.05, 4.69) is 4.98 Å². The van der Waals surface area contributed by atoms with E-state index in [4.69, 9.17) is 18.9 Å². The Bertz CT molecular complexity index is 1110. The van der Waals surface area contributed by atoms with Gasteiger partial charge in [-0.25, -0.2) is 4.79 Å². The number of rotatable bonds is 10. The summed E-state index contributed by atoms with van der Waals surface area (Å²) in [6.07, 6.45) is 0. The summed E-state index contributed by atoms with van der Waals surface area (Å²) < 4.78 is 21.7. The van der Waals surface area contributed by atoms with Gasteiger partial charge in [-0.05, 0) is 51.5 Å². The van der Waals surface area contributed by atoms with Crippen molar-refractivity contribution in [3.63, 3.8) is 0 Å². The highest BCUT2D eigenvalue weighted by atomic mass is 16.5. The largest absolute Gasteiger partial charge is 0.490 e. The zero-order valence-corrected chi connectivity index (χ0v) is 20.4. The van der Waals surface area contributed by atoms with E-state index in [-0.39, 0.29) is 35.3 Å². The molecular formula is C25H30N2O8. The van der Waals surface area contributed by atoms with Crippen LogP contribution in [0.3, 0.4) is 0 Å². The van der Waals surface area contributed by atoms with Crippen molar-refractivity contribution in [2.45, 2.75) is 27.7 Å². The number of aryl methyl sites for hydroxylation is 1. The number of nitrogens with zero attached hydrogens (tertiary/aromatic N) is 1. The zero-order chi connectivity index (χ0) is 25.5. The van der Waals surface area contributed by atoms with E-state index < -0.39 is 18.4 Å². The van der Waals surface area contributed by atoms with E-state index in [1.54, 1.807) is 25.7 Å². The molecule has 1 aliphatic rings. The summed E-state index contributed by atoms with van der Waals surface area (Å²) in [6.45, 7) is 8.26. The molecule has 1 N–H and O–H groups in total. The first kappa shape index (κ1) is 26.0. The van der Waals surface area contributed by atoms with Gasteiger partial charge in [0.15, 0.2) is 30.5 Å². The van der Waals surface area contributed by atoms with Gasteiger partial charge in [-0.2, -0.15) is 0 Å². The number of aromatic amines is 1. The maximum atomic E-state index is 12.6. The molecule has 10 heteroatoms. The fourth-order valence-corrected chi connectivity index (χ4v) is 3.91. The van der Waals surface area contributed by atoms with Crippen molar-refractivity contribution in [2.75, 3.05) is 46.1 Å². The van der Waals surface area contributed by atoms with Gasteiger partial charge in [0.1, 0.15) is 0 Å². The number of H-pyrrole nitrogens is 1. The van der Waals surface area contributed by atoms with Gasteiger partial charge in [-0.3, -0.25) is 14.4 Å². The van der Waals surface area contributed by atoms with Gasteiger partial charge in [0.05, 0.1) is 31.1 Å². The molecule has 188 valence electrons. The van der Waals surface area contributed by atoms with Crippen molar-refractivity contribution in [3.8, 4) is 11.5 Å². The van der Waals surface area contributed by atoms with E-state index in [0.29, 0.717) is 55.5 Å². The number of amides is 1. The first-order valence-electron chi connectivity index (χ1n) is 11.4. The molecule has 1 fully saturated rings. The lowest BCUT2D eigenvalue weighted by molar-refractivity contribution is -0.137. The number of esters is 1.